The van der Waals surface area contributed by atoms with E-state index in [1.54, 1.807) is 27.7 Å². The SMILES string of the molecule is CC1(C)CN(c2cc[n+]3c(n2)c(C(N)=O)cn3-c2cn([C@H]3CC[C@H](CO)CC3)nc2C(F)F)CCO1. The molecule has 1 amide bonds. The van der Waals surface area contributed by atoms with E-state index in [0.29, 0.717) is 25.5 Å². The minimum absolute atomic E-state index is 0.0316. The molecule has 10 nitrogen and oxygen atoms in total. The molecule has 0 aromatic carbocycles. The van der Waals surface area contributed by atoms with Crippen molar-refractivity contribution in [3.05, 3.63) is 35.9 Å². The molecular weight excluding hydrogens is 472 g/mol. The number of ether oxygens (including phenoxy) is 1. The molecule has 1 saturated heterocycles. The van der Waals surface area contributed by atoms with Gasteiger partial charge in [0.1, 0.15) is 11.9 Å². The molecule has 0 atom stereocenters. The number of aliphatic hydroxyl groups excluding tert-OH is 1. The molecular formula is C24H32F2N7O3+. The van der Waals surface area contributed by atoms with Crippen LogP contribution in [0.1, 0.15) is 68.0 Å². The highest BCUT2D eigenvalue weighted by molar-refractivity contribution is 5.97. The first kappa shape index (κ1) is 24.6. The van der Waals surface area contributed by atoms with E-state index in [1.165, 1.54) is 10.9 Å². The van der Waals surface area contributed by atoms with Crippen molar-refractivity contribution in [2.45, 2.75) is 57.6 Å². The van der Waals surface area contributed by atoms with E-state index in [1.807, 2.05) is 13.8 Å². The lowest BCUT2D eigenvalue weighted by atomic mass is 9.87. The number of hydrogen-bond donors (Lipinski definition) is 2. The Labute approximate surface area is 207 Å². The van der Waals surface area contributed by atoms with Gasteiger partial charge in [0.2, 0.25) is 5.82 Å². The number of morpholine rings is 1. The number of rotatable bonds is 6. The number of fused-ring (bicyclic) bond motifs is 1. The van der Waals surface area contributed by atoms with Gasteiger partial charge in [0, 0.05) is 25.8 Å². The van der Waals surface area contributed by atoms with E-state index in [2.05, 4.69) is 10.00 Å². The Kier molecular flexibility index (Phi) is 6.41. The summed E-state index contributed by atoms with van der Waals surface area (Å²) in [4.78, 5) is 19.1. The summed E-state index contributed by atoms with van der Waals surface area (Å²) < 4.78 is 38.6. The maximum absolute atomic E-state index is 14.1. The Balaban J connectivity index is 1.56. The highest BCUT2D eigenvalue weighted by atomic mass is 19.3. The molecule has 4 heterocycles. The summed E-state index contributed by atoms with van der Waals surface area (Å²) in [5, 5.41) is 13.7. The first-order valence-corrected chi connectivity index (χ1v) is 12.3. The lowest BCUT2D eigenvalue weighted by molar-refractivity contribution is -0.600. The van der Waals surface area contributed by atoms with Crippen molar-refractivity contribution in [3.8, 4) is 5.69 Å². The van der Waals surface area contributed by atoms with Crippen LogP contribution in [0.2, 0.25) is 0 Å². The predicted octanol–water partition coefficient (Wildman–Crippen LogP) is 2.18. The predicted molar refractivity (Wildman–Crippen MR) is 126 cm³/mol. The number of carbonyl (C=O) groups excluding carboxylic acids is 1. The van der Waals surface area contributed by atoms with Crippen molar-refractivity contribution in [1.82, 2.24) is 19.4 Å². The summed E-state index contributed by atoms with van der Waals surface area (Å²) in [6, 6.07) is 1.76. The average molecular weight is 505 g/mol. The molecule has 0 unspecified atom stereocenters. The van der Waals surface area contributed by atoms with Gasteiger partial charge in [-0.2, -0.15) is 9.78 Å². The van der Waals surface area contributed by atoms with E-state index < -0.39 is 12.3 Å². The molecule has 2 fully saturated rings. The maximum Gasteiger partial charge on any atom is 0.363 e. The summed E-state index contributed by atoms with van der Waals surface area (Å²) in [5.74, 6) is 0.189. The number of anilines is 1. The van der Waals surface area contributed by atoms with Crippen LogP contribution in [0.25, 0.3) is 11.3 Å². The Morgan fingerprint density at radius 3 is 2.69 bits per heavy atom. The smallest absolute Gasteiger partial charge is 0.363 e. The van der Waals surface area contributed by atoms with Gasteiger partial charge in [-0.25, -0.2) is 8.78 Å². The molecule has 2 aliphatic rings. The molecule has 0 radical (unpaired) electrons. The first-order valence-electron chi connectivity index (χ1n) is 12.3. The van der Waals surface area contributed by atoms with Crippen LogP contribution in [0.3, 0.4) is 0 Å². The Morgan fingerprint density at radius 1 is 1.31 bits per heavy atom. The zero-order valence-corrected chi connectivity index (χ0v) is 20.5. The first-order chi connectivity index (χ1) is 17.2. The third kappa shape index (κ3) is 4.55. The number of carbonyl (C=O) groups is 1. The second-order valence-corrected chi connectivity index (χ2v) is 10.3. The van der Waals surface area contributed by atoms with Crippen LogP contribution in [0.4, 0.5) is 14.6 Å². The van der Waals surface area contributed by atoms with Crippen LogP contribution in [0.15, 0.2) is 24.7 Å². The highest BCUT2D eigenvalue weighted by Crippen LogP contribution is 2.34. The number of nitrogens with zero attached hydrogens (tertiary/aromatic N) is 6. The number of primary amides is 1. The van der Waals surface area contributed by atoms with Crippen molar-refractivity contribution in [1.29, 1.82) is 0 Å². The second-order valence-electron chi connectivity index (χ2n) is 10.3. The third-order valence-corrected chi connectivity index (χ3v) is 7.18. The average Bonchev–Trinajstić information content (AvgIpc) is 3.45. The normalized spacial score (nSPS) is 22.4. The topological polar surface area (TPSA) is 116 Å². The van der Waals surface area contributed by atoms with Crippen LogP contribution in [-0.2, 0) is 4.74 Å². The lowest BCUT2D eigenvalue weighted by Crippen LogP contribution is -2.49. The molecule has 12 heteroatoms. The molecule has 36 heavy (non-hydrogen) atoms. The van der Waals surface area contributed by atoms with E-state index >= 15 is 0 Å². The van der Waals surface area contributed by atoms with Gasteiger partial charge in [0.15, 0.2) is 11.3 Å². The van der Waals surface area contributed by atoms with Crippen molar-refractivity contribution in [3.63, 3.8) is 0 Å². The zero-order valence-electron chi connectivity index (χ0n) is 20.5. The fraction of sp³-hybridized carbons (Fsp3) is 0.583. The van der Waals surface area contributed by atoms with E-state index in [-0.39, 0.29) is 46.8 Å². The number of aliphatic hydroxyl groups is 1. The number of amides is 1. The van der Waals surface area contributed by atoms with Crippen molar-refractivity contribution >= 4 is 17.4 Å². The maximum atomic E-state index is 14.1. The molecule has 1 saturated carbocycles. The molecule has 5 rings (SSSR count). The van der Waals surface area contributed by atoms with Gasteiger partial charge in [-0.05, 0) is 50.4 Å². The summed E-state index contributed by atoms with van der Waals surface area (Å²) in [6.45, 7) is 5.93. The van der Waals surface area contributed by atoms with Gasteiger partial charge in [-0.3, -0.25) is 9.48 Å². The third-order valence-electron chi connectivity index (χ3n) is 7.18. The summed E-state index contributed by atoms with van der Waals surface area (Å²) in [6.07, 6.45) is 5.06. The summed E-state index contributed by atoms with van der Waals surface area (Å²) in [7, 11) is 0. The molecule has 1 aliphatic heterocycles. The minimum atomic E-state index is -2.81. The zero-order chi connectivity index (χ0) is 25.6. The largest absolute Gasteiger partial charge is 0.396 e. The van der Waals surface area contributed by atoms with Gasteiger partial charge in [-0.1, -0.05) is 0 Å². The fourth-order valence-electron chi connectivity index (χ4n) is 5.26. The fourth-order valence-corrected chi connectivity index (χ4v) is 5.26. The Bertz CT molecular complexity index is 1260. The Morgan fingerprint density at radius 2 is 2.06 bits per heavy atom. The minimum Gasteiger partial charge on any atom is -0.396 e. The summed E-state index contributed by atoms with van der Waals surface area (Å²) >= 11 is 0. The highest BCUT2D eigenvalue weighted by Gasteiger charge is 2.33. The summed E-state index contributed by atoms with van der Waals surface area (Å²) in [5.41, 5.74) is 5.50. The van der Waals surface area contributed by atoms with Gasteiger partial charge < -0.3 is 20.5 Å². The molecule has 0 spiro atoms. The van der Waals surface area contributed by atoms with Crippen LogP contribution in [0, 0.1) is 5.92 Å². The van der Waals surface area contributed by atoms with Crippen molar-refractivity contribution in [2.24, 2.45) is 11.7 Å². The van der Waals surface area contributed by atoms with E-state index in [0.717, 1.165) is 25.7 Å². The van der Waals surface area contributed by atoms with Crippen molar-refractivity contribution < 1.29 is 27.9 Å². The molecule has 3 aromatic heterocycles. The van der Waals surface area contributed by atoms with Crippen LogP contribution in [-0.4, -0.2) is 62.4 Å². The van der Waals surface area contributed by atoms with Gasteiger partial charge in [-0.15, -0.1) is 4.52 Å². The standard InChI is InChI=1S/C24H31F2N7O3/c1-24(2)14-30(9-10-36-24)19-7-8-32-23(28-19)17(22(27)35)11-33(32)18-12-31(29-20(18)21(25)26)16-5-3-15(13-34)4-6-16/h7-8,11-12,15-16,21,34H,3-6,9-10,13-14H2,1-2H3,(H-,27,35)/p+1/t15-,16-. The molecule has 1 aliphatic carbocycles. The van der Waals surface area contributed by atoms with E-state index in [9.17, 15) is 18.7 Å². The lowest BCUT2D eigenvalue weighted by Gasteiger charge is -2.37. The Hall–Kier alpha value is -3.12. The van der Waals surface area contributed by atoms with Gasteiger partial charge in [0.25, 0.3) is 12.3 Å². The van der Waals surface area contributed by atoms with Gasteiger partial charge in [0.05, 0.1) is 30.6 Å². The molecule has 3 aromatic rings. The number of nitrogens with two attached hydrogens (primary N) is 1. The van der Waals surface area contributed by atoms with E-state index in [4.69, 9.17) is 15.5 Å². The molecule has 194 valence electrons. The monoisotopic (exact) mass is 504 g/mol. The van der Waals surface area contributed by atoms with Crippen LogP contribution >= 0.6 is 0 Å². The van der Waals surface area contributed by atoms with Crippen LogP contribution in [0.5, 0.6) is 0 Å². The number of alkyl halides is 2. The molecule has 0 bridgehead atoms. The van der Waals surface area contributed by atoms with Crippen LogP contribution < -0.4 is 15.1 Å². The van der Waals surface area contributed by atoms with Gasteiger partial charge >= 0.3 is 5.65 Å². The second kappa shape index (κ2) is 9.40. The number of hydrogen-bond acceptors (Lipinski definition) is 6. The van der Waals surface area contributed by atoms with Crippen molar-refractivity contribution in [2.75, 3.05) is 31.2 Å². The number of halogens is 2. The number of aromatic nitrogens is 5. The molecule has 3 N–H and O–H groups in total. The quantitative estimate of drug-likeness (QED) is 0.498.